The van der Waals surface area contributed by atoms with Crippen LogP contribution in [0.3, 0.4) is 0 Å². The second-order valence-electron chi connectivity index (χ2n) is 8.11. The standard InChI is InChI=1S/C19H39N3O/c1-15(2)5-7-18(8-6-16(3)4)21-11-14-22-12-9-17(10-13-22)19(20)23/h15-18,21H,5-14H2,1-4H3,(H2,20,23). The molecule has 1 fully saturated rings. The second kappa shape index (κ2) is 11.0. The molecule has 0 bridgehead atoms. The molecular formula is C19H39N3O. The van der Waals surface area contributed by atoms with Gasteiger partial charge in [0.05, 0.1) is 0 Å². The number of carbonyl (C=O) groups is 1. The summed E-state index contributed by atoms with van der Waals surface area (Å²) in [6, 6.07) is 0.656. The number of rotatable bonds is 11. The zero-order valence-electron chi connectivity index (χ0n) is 15.8. The number of nitrogens with two attached hydrogens (primary N) is 1. The summed E-state index contributed by atoms with van der Waals surface area (Å²) in [4.78, 5) is 13.7. The Bertz CT molecular complexity index is 311. The van der Waals surface area contributed by atoms with Crippen molar-refractivity contribution < 1.29 is 4.79 Å². The average molecular weight is 326 g/mol. The first-order chi connectivity index (χ1) is 10.9. The number of hydrogen-bond acceptors (Lipinski definition) is 3. The molecule has 4 nitrogen and oxygen atoms in total. The van der Waals surface area contributed by atoms with Gasteiger partial charge in [-0.05, 0) is 63.5 Å². The summed E-state index contributed by atoms with van der Waals surface area (Å²) in [5.74, 6) is 1.55. The van der Waals surface area contributed by atoms with Crippen molar-refractivity contribution in [2.45, 2.75) is 72.3 Å². The third kappa shape index (κ3) is 9.31. The monoisotopic (exact) mass is 325 g/mol. The van der Waals surface area contributed by atoms with Gasteiger partial charge < -0.3 is 16.0 Å². The first-order valence-corrected chi connectivity index (χ1v) is 9.63. The highest BCUT2D eigenvalue weighted by molar-refractivity contribution is 5.76. The Hall–Kier alpha value is -0.610. The highest BCUT2D eigenvalue weighted by atomic mass is 16.1. The van der Waals surface area contributed by atoms with Crippen LogP contribution in [0.25, 0.3) is 0 Å². The van der Waals surface area contributed by atoms with E-state index in [2.05, 4.69) is 37.9 Å². The summed E-state index contributed by atoms with van der Waals surface area (Å²) in [5.41, 5.74) is 5.40. The molecule has 1 aliphatic heterocycles. The minimum absolute atomic E-state index is 0.101. The molecule has 0 spiro atoms. The van der Waals surface area contributed by atoms with E-state index in [0.717, 1.165) is 50.9 Å². The molecule has 0 unspecified atom stereocenters. The third-order valence-corrected chi connectivity index (χ3v) is 5.04. The van der Waals surface area contributed by atoms with E-state index in [4.69, 9.17) is 5.73 Å². The van der Waals surface area contributed by atoms with E-state index >= 15 is 0 Å². The van der Waals surface area contributed by atoms with Crippen LogP contribution in [0.5, 0.6) is 0 Å². The molecule has 0 radical (unpaired) electrons. The van der Waals surface area contributed by atoms with Crippen molar-refractivity contribution in [3.63, 3.8) is 0 Å². The third-order valence-electron chi connectivity index (χ3n) is 5.04. The molecule has 1 amide bonds. The van der Waals surface area contributed by atoms with Crippen LogP contribution >= 0.6 is 0 Å². The molecule has 0 atom stereocenters. The van der Waals surface area contributed by atoms with E-state index in [0.29, 0.717) is 6.04 Å². The van der Waals surface area contributed by atoms with Gasteiger partial charge in [-0.25, -0.2) is 0 Å². The average Bonchev–Trinajstić information content (AvgIpc) is 2.49. The number of primary amides is 1. The number of nitrogens with one attached hydrogen (secondary N) is 1. The Kier molecular flexibility index (Phi) is 9.80. The van der Waals surface area contributed by atoms with E-state index in [9.17, 15) is 4.79 Å². The predicted molar refractivity (Wildman–Crippen MR) is 98.3 cm³/mol. The number of piperidine rings is 1. The van der Waals surface area contributed by atoms with Crippen LogP contribution in [0.2, 0.25) is 0 Å². The summed E-state index contributed by atoms with van der Waals surface area (Å²) < 4.78 is 0. The molecule has 4 heteroatoms. The van der Waals surface area contributed by atoms with Gasteiger partial charge >= 0.3 is 0 Å². The number of carbonyl (C=O) groups excluding carboxylic acids is 1. The maximum atomic E-state index is 11.2. The van der Waals surface area contributed by atoms with E-state index in [-0.39, 0.29) is 11.8 Å². The Labute approximate surface area is 143 Å². The summed E-state index contributed by atoms with van der Waals surface area (Å²) in [6.07, 6.45) is 7.04. The molecule has 0 aromatic heterocycles. The van der Waals surface area contributed by atoms with Crippen molar-refractivity contribution in [3.8, 4) is 0 Å². The first-order valence-electron chi connectivity index (χ1n) is 9.63. The van der Waals surface area contributed by atoms with E-state index in [1.165, 1.54) is 25.7 Å². The molecular weight excluding hydrogens is 286 g/mol. The Balaban J connectivity index is 2.24. The van der Waals surface area contributed by atoms with Crippen molar-refractivity contribution in [3.05, 3.63) is 0 Å². The van der Waals surface area contributed by atoms with Gasteiger partial charge in [0.15, 0.2) is 0 Å². The maximum absolute atomic E-state index is 11.2. The van der Waals surface area contributed by atoms with Crippen LogP contribution in [-0.2, 0) is 4.79 Å². The van der Waals surface area contributed by atoms with Gasteiger partial charge in [-0.2, -0.15) is 0 Å². The van der Waals surface area contributed by atoms with E-state index in [1.54, 1.807) is 0 Å². The lowest BCUT2D eigenvalue weighted by molar-refractivity contribution is -0.123. The fourth-order valence-corrected chi connectivity index (χ4v) is 3.29. The van der Waals surface area contributed by atoms with Gasteiger partial charge in [0.25, 0.3) is 0 Å². The molecule has 136 valence electrons. The van der Waals surface area contributed by atoms with Gasteiger partial charge in [-0.1, -0.05) is 27.7 Å². The largest absolute Gasteiger partial charge is 0.369 e. The van der Waals surface area contributed by atoms with Gasteiger partial charge in [0.1, 0.15) is 0 Å². The Morgan fingerprint density at radius 3 is 2.00 bits per heavy atom. The summed E-state index contributed by atoms with van der Waals surface area (Å²) in [5, 5.41) is 3.78. The summed E-state index contributed by atoms with van der Waals surface area (Å²) >= 11 is 0. The smallest absolute Gasteiger partial charge is 0.220 e. The van der Waals surface area contributed by atoms with Crippen LogP contribution < -0.4 is 11.1 Å². The molecule has 23 heavy (non-hydrogen) atoms. The van der Waals surface area contributed by atoms with Gasteiger partial charge in [-0.15, -0.1) is 0 Å². The molecule has 1 saturated heterocycles. The van der Waals surface area contributed by atoms with Crippen molar-refractivity contribution in [2.24, 2.45) is 23.5 Å². The molecule has 0 aliphatic carbocycles. The Morgan fingerprint density at radius 2 is 1.57 bits per heavy atom. The number of nitrogens with zero attached hydrogens (tertiary/aromatic N) is 1. The van der Waals surface area contributed by atoms with Crippen LogP contribution in [0.4, 0.5) is 0 Å². The second-order valence-corrected chi connectivity index (χ2v) is 8.11. The van der Waals surface area contributed by atoms with Crippen molar-refractivity contribution in [1.29, 1.82) is 0 Å². The summed E-state index contributed by atoms with van der Waals surface area (Å²) in [7, 11) is 0. The topological polar surface area (TPSA) is 58.4 Å². The molecule has 0 saturated carbocycles. The minimum atomic E-state index is -0.120. The number of amides is 1. The fraction of sp³-hybridized carbons (Fsp3) is 0.947. The quantitative estimate of drug-likeness (QED) is 0.614. The zero-order chi connectivity index (χ0) is 17.2. The van der Waals surface area contributed by atoms with Gasteiger partial charge in [0.2, 0.25) is 5.91 Å². The van der Waals surface area contributed by atoms with E-state index < -0.39 is 0 Å². The Morgan fingerprint density at radius 1 is 1.04 bits per heavy atom. The van der Waals surface area contributed by atoms with E-state index in [1.807, 2.05) is 0 Å². The molecule has 1 rings (SSSR count). The van der Waals surface area contributed by atoms with Crippen molar-refractivity contribution in [2.75, 3.05) is 26.2 Å². The lowest BCUT2D eigenvalue weighted by atomic mass is 9.96. The van der Waals surface area contributed by atoms with Crippen LogP contribution in [-0.4, -0.2) is 43.0 Å². The molecule has 1 heterocycles. The molecule has 0 aromatic rings. The number of likely N-dealkylation sites (tertiary alicyclic amines) is 1. The normalized spacial score (nSPS) is 17.5. The minimum Gasteiger partial charge on any atom is -0.369 e. The van der Waals surface area contributed by atoms with Crippen molar-refractivity contribution in [1.82, 2.24) is 10.2 Å². The van der Waals surface area contributed by atoms with Crippen molar-refractivity contribution >= 4 is 5.91 Å². The number of hydrogen-bond donors (Lipinski definition) is 2. The SMILES string of the molecule is CC(C)CCC(CCC(C)C)NCCN1CCC(C(N)=O)CC1. The zero-order valence-corrected chi connectivity index (χ0v) is 15.8. The van der Waals surface area contributed by atoms with Crippen LogP contribution in [0.1, 0.15) is 66.2 Å². The van der Waals surface area contributed by atoms with Gasteiger partial charge in [-0.3, -0.25) is 4.79 Å². The predicted octanol–water partition coefficient (Wildman–Crippen LogP) is 3.01. The molecule has 1 aliphatic rings. The first kappa shape index (κ1) is 20.4. The highest BCUT2D eigenvalue weighted by Gasteiger charge is 2.22. The van der Waals surface area contributed by atoms with Crippen LogP contribution in [0.15, 0.2) is 0 Å². The van der Waals surface area contributed by atoms with Gasteiger partial charge in [0, 0.05) is 25.0 Å². The lowest BCUT2D eigenvalue weighted by Gasteiger charge is -2.31. The molecule has 3 N–H and O–H groups in total. The van der Waals surface area contributed by atoms with Crippen LogP contribution in [0, 0.1) is 17.8 Å². The molecule has 0 aromatic carbocycles. The maximum Gasteiger partial charge on any atom is 0.220 e. The lowest BCUT2D eigenvalue weighted by Crippen LogP contribution is -2.43. The summed E-state index contributed by atoms with van der Waals surface area (Å²) in [6.45, 7) is 13.4. The fourth-order valence-electron chi connectivity index (χ4n) is 3.29. The highest BCUT2D eigenvalue weighted by Crippen LogP contribution is 2.17.